The van der Waals surface area contributed by atoms with Crippen molar-refractivity contribution in [2.45, 2.75) is 0 Å². The quantitative estimate of drug-likeness (QED) is 0.627. The summed E-state index contributed by atoms with van der Waals surface area (Å²) in [5, 5.41) is 0. The molecule has 0 saturated heterocycles. The highest BCUT2D eigenvalue weighted by Gasteiger charge is 2.15. The number of carbonyl (C=O) groups is 1. The zero-order valence-electron chi connectivity index (χ0n) is 8.96. The van der Waals surface area contributed by atoms with Crippen molar-refractivity contribution >= 4 is 16.9 Å². The zero-order valence-corrected chi connectivity index (χ0v) is 8.96. The van der Waals surface area contributed by atoms with Crippen LogP contribution in [0.5, 0.6) is 0 Å². The first-order valence-electron chi connectivity index (χ1n) is 5.30. The van der Waals surface area contributed by atoms with Crippen LogP contribution in [0.15, 0.2) is 59.0 Å². The van der Waals surface area contributed by atoms with Crippen LogP contribution in [0.1, 0.15) is 16.2 Å². The van der Waals surface area contributed by atoms with Gasteiger partial charge in [0, 0.05) is 5.56 Å². The van der Waals surface area contributed by atoms with Gasteiger partial charge in [-0.1, -0.05) is 42.5 Å². The Bertz CT molecular complexity index is 638. The van der Waals surface area contributed by atoms with Gasteiger partial charge in [0.2, 0.25) is 5.78 Å². The van der Waals surface area contributed by atoms with E-state index in [9.17, 15) is 4.79 Å². The highest BCUT2D eigenvalue weighted by molar-refractivity contribution is 6.06. The summed E-state index contributed by atoms with van der Waals surface area (Å²) in [7, 11) is 0. The summed E-state index contributed by atoms with van der Waals surface area (Å²) in [4.78, 5) is 16.2. The molecule has 0 radical (unpaired) electrons. The fourth-order valence-corrected chi connectivity index (χ4v) is 1.68. The van der Waals surface area contributed by atoms with E-state index in [1.807, 2.05) is 36.4 Å². The van der Waals surface area contributed by atoms with E-state index in [0.29, 0.717) is 16.7 Å². The molecule has 17 heavy (non-hydrogen) atoms. The Morgan fingerprint density at radius 1 is 0.941 bits per heavy atom. The number of hydrogen-bond acceptors (Lipinski definition) is 3. The molecule has 0 aliphatic heterocycles. The molecule has 0 amide bonds. The van der Waals surface area contributed by atoms with Crippen molar-refractivity contribution in [2.24, 2.45) is 0 Å². The van der Waals surface area contributed by atoms with Crippen LogP contribution in [0.2, 0.25) is 0 Å². The van der Waals surface area contributed by atoms with E-state index in [2.05, 4.69) is 4.98 Å². The number of rotatable bonds is 2. The fraction of sp³-hybridized carbons (Fsp3) is 0. The second-order valence-corrected chi connectivity index (χ2v) is 3.68. The molecule has 0 fully saturated rings. The van der Waals surface area contributed by atoms with Crippen molar-refractivity contribution in [3.05, 3.63) is 66.1 Å². The molecule has 82 valence electrons. The van der Waals surface area contributed by atoms with Crippen LogP contribution in [0.25, 0.3) is 11.1 Å². The van der Waals surface area contributed by atoms with E-state index in [-0.39, 0.29) is 11.7 Å². The zero-order chi connectivity index (χ0) is 11.7. The van der Waals surface area contributed by atoms with Crippen LogP contribution in [0, 0.1) is 0 Å². The molecule has 3 heteroatoms. The van der Waals surface area contributed by atoms with Gasteiger partial charge in [0.05, 0.1) is 0 Å². The largest absolute Gasteiger partial charge is 0.433 e. The van der Waals surface area contributed by atoms with Gasteiger partial charge in [-0.05, 0) is 12.1 Å². The van der Waals surface area contributed by atoms with E-state index in [4.69, 9.17) is 4.42 Å². The van der Waals surface area contributed by atoms with Gasteiger partial charge in [0.15, 0.2) is 5.58 Å². The van der Waals surface area contributed by atoms with Crippen molar-refractivity contribution in [3.8, 4) is 0 Å². The molecule has 0 unspecified atom stereocenters. The third kappa shape index (κ3) is 1.72. The maximum absolute atomic E-state index is 12.1. The molecule has 0 aliphatic carbocycles. The van der Waals surface area contributed by atoms with Crippen LogP contribution in [-0.2, 0) is 0 Å². The minimum atomic E-state index is -0.193. The highest BCUT2D eigenvalue weighted by Crippen LogP contribution is 2.17. The number of ketones is 1. The summed E-state index contributed by atoms with van der Waals surface area (Å²) in [5.41, 5.74) is 1.91. The molecule has 3 nitrogen and oxygen atoms in total. The summed E-state index contributed by atoms with van der Waals surface area (Å²) in [5.74, 6) is -0.0563. The minimum Gasteiger partial charge on any atom is -0.433 e. The van der Waals surface area contributed by atoms with Gasteiger partial charge >= 0.3 is 0 Å². The van der Waals surface area contributed by atoms with Crippen molar-refractivity contribution in [1.29, 1.82) is 0 Å². The topological polar surface area (TPSA) is 43.1 Å². The van der Waals surface area contributed by atoms with E-state index in [0.717, 1.165) is 0 Å². The van der Waals surface area contributed by atoms with E-state index in [1.54, 1.807) is 18.2 Å². The van der Waals surface area contributed by atoms with Gasteiger partial charge in [-0.3, -0.25) is 4.79 Å². The van der Waals surface area contributed by atoms with Gasteiger partial charge in [-0.2, -0.15) is 0 Å². The van der Waals surface area contributed by atoms with Crippen LogP contribution in [0.4, 0.5) is 0 Å². The van der Waals surface area contributed by atoms with Gasteiger partial charge in [0.25, 0.3) is 5.89 Å². The Morgan fingerprint density at radius 2 is 1.65 bits per heavy atom. The molecule has 0 atom stereocenters. The van der Waals surface area contributed by atoms with E-state index < -0.39 is 0 Å². The molecular weight excluding hydrogens is 214 g/mol. The molecule has 2 aromatic carbocycles. The summed E-state index contributed by atoms with van der Waals surface area (Å²) < 4.78 is 5.42. The summed E-state index contributed by atoms with van der Waals surface area (Å²) in [6.45, 7) is 0. The standard InChI is InChI=1S/C14H9NO2/c16-13(10-6-2-1-3-7-10)14-15-11-8-4-5-9-12(11)17-14/h1-9H. The summed E-state index contributed by atoms with van der Waals surface area (Å²) in [6, 6.07) is 16.3. The lowest BCUT2D eigenvalue weighted by molar-refractivity contribution is 0.100. The number of nitrogens with zero attached hydrogens (tertiary/aromatic N) is 1. The summed E-state index contributed by atoms with van der Waals surface area (Å²) >= 11 is 0. The SMILES string of the molecule is O=C(c1ccccc1)c1nc2ccccc2o1. The fourth-order valence-electron chi connectivity index (χ4n) is 1.68. The number of benzene rings is 2. The van der Waals surface area contributed by atoms with Gasteiger partial charge in [0.1, 0.15) is 5.52 Å². The number of carbonyl (C=O) groups excluding carboxylic acids is 1. The Kier molecular flexibility index (Phi) is 2.22. The van der Waals surface area contributed by atoms with Crippen molar-refractivity contribution in [2.75, 3.05) is 0 Å². The number of aromatic nitrogens is 1. The molecule has 0 bridgehead atoms. The second kappa shape index (κ2) is 3.87. The molecule has 0 aliphatic rings. The van der Waals surface area contributed by atoms with Crippen LogP contribution in [-0.4, -0.2) is 10.8 Å². The maximum Gasteiger partial charge on any atom is 0.269 e. The monoisotopic (exact) mass is 223 g/mol. The molecule has 3 aromatic rings. The molecule has 1 heterocycles. The van der Waals surface area contributed by atoms with Crippen molar-refractivity contribution < 1.29 is 9.21 Å². The molecular formula is C14H9NO2. The minimum absolute atomic E-state index is 0.136. The highest BCUT2D eigenvalue weighted by atomic mass is 16.4. The lowest BCUT2D eigenvalue weighted by atomic mass is 10.1. The Hall–Kier alpha value is -2.42. The first-order valence-corrected chi connectivity index (χ1v) is 5.30. The molecule has 0 saturated carbocycles. The van der Waals surface area contributed by atoms with Gasteiger partial charge in [-0.15, -0.1) is 0 Å². The first-order chi connectivity index (χ1) is 8.34. The normalized spacial score (nSPS) is 10.6. The third-order valence-corrected chi connectivity index (χ3v) is 2.52. The van der Waals surface area contributed by atoms with E-state index in [1.165, 1.54) is 0 Å². The maximum atomic E-state index is 12.1. The first kappa shape index (κ1) is 9.78. The number of oxazole rings is 1. The lowest BCUT2D eigenvalue weighted by Gasteiger charge is -1.94. The Morgan fingerprint density at radius 3 is 2.41 bits per heavy atom. The predicted octanol–water partition coefficient (Wildman–Crippen LogP) is 3.06. The van der Waals surface area contributed by atoms with Crippen molar-refractivity contribution in [1.82, 2.24) is 4.98 Å². The molecule has 1 aromatic heterocycles. The van der Waals surface area contributed by atoms with Gasteiger partial charge < -0.3 is 4.42 Å². The van der Waals surface area contributed by atoms with Gasteiger partial charge in [-0.25, -0.2) is 4.98 Å². The number of fused-ring (bicyclic) bond motifs is 1. The average Bonchev–Trinajstić information content (AvgIpc) is 2.82. The number of hydrogen-bond donors (Lipinski definition) is 0. The third-order valence-electron chi connectivity index (χ3n) is 2.52. The second-order valence-electron chi connectivity index (χ2n) is 3.68. The van der Waals surface area contributed by atoms with Crippen LogP contribution < -0.4 is 0 Å². The van der Waals surface area contributed by atoms with E-state index >= 15 is 0 Å². The Labute approximate surface area is 97.7 Å². The molecule has 0 N–H and O–H groups in total. The Balaban J connectivity index is 2.07. The van der Waals surface area contributed by atoms with Crippen LogP contribution in [0.3, 0.4) is 0 Å². The smallest absolute Gasteiger partial charge is 0.269 e. The number of para-hydroxylation sites is 2. The predicted molar refractivity (Wildman–Crippen MR) is 63.9 cm³/mol. The molecule has 0 spiro atoms. The average molecular weight is 223 g/mol. The molecule has 3 rings (SSSR count). The van der Waals surface area contributed by atoms with Crippen LogP contribution >= 0.6 is 0 Å². The lowest BCUT2D eigenvalue weighted by Crippen LogP contribution is -2.00. The van der Waals surface area contributed by atoms with Crippen molar-refractivity contribution in [3.63, 3.8) is 0 Å². The summed E-state index contributed by atoms with van der Waals surface area (Å²) in [6.07, 6.45) is 0.